The Morgan fingerprint density at radius 2 is 1.82 bits per heavy atom. The van der Waals surface area contributed by atoms with Crippen LogP contribution >= 0.6 is 15.9 Å². The molecular weight excluding hydrogens is 498 g/mol. The van der Waals surface area contributed by atoms with Crippen molar-refractivity contribution in [3.8, 4) is 11.5 Å². The average Bonchev–Trinajstić information content (AvgIpc) is 3.21. The molecular formula is C25H24BrN5O3. The first-order valence-electron chi connectivity index (χ1n) is 11.4. The first-order chi connectivity index (χ1) is 16.7. The number of nitrogens with zero attached hydrogens (tertiary/aromatic N) is 4. The van der Waals surface area contributed by atoms with Crippen LogP contribution in [0.25, 0.3) is 16.6 Å². The fourth-order valence-corrected chi connectivity index (χ4v) is 4.97. The molecule has 2 aliphatic rings. The molecule has 0 saturated carbocycles. The Kier molecular flexibility index (Phi) is 5.41. The van der Waals surface area contributed by atoms with Crippen LogP contribution in [0.3, 0.4) is 0 Å². The van der Waals surface area contributed by atoms with Gasteiger partial charge in [0, 0.05) is 48.6 Å². The number of amides is 2. The van der Waals surface area contributed by atoms with Gasteiger partial charge in [0.25, 0.3) is 0 Å². The summed E-state index contributed by atoms with van der Waals surface area (Å²) in [6.07, 6.45) is 2.93. The van der Waals surface area contributed by atoms with Crippen molar-refractivity contribution in [2.45, 2.75) is 6.42 Å². The van der Waals surface area contributed by atoms with E-state index in [-0.39, 0.29) is 6.03 Å². The van der Waals surface area contributed by atoms with Crippen LogP contribution in [0, 0.1) is 0 Å². The fraction of sp³-hybridized carbons (Fsp3) is 0.280. The van der Waals surface area contributed by atoms with Crippen molar-refractivity contribution < 1.29 is 14.3 Å². The summed E-state index contributed by atoms with van der Waals surface area (Å²) < 4.78 is 14.4. The van der Waals surface area contributed by atoms with Crippen LogP contribution in [-0.2, 0) is 0 Å². The van der Waals surface area contributed by atoms with E-state index in [0.29, 0.717) is 50.0 Å². The van der Waals surface area contributed by atoms with Gasteiger partial charge in [-0.2, -0.15) is 0 Å². The van der Waals surface area contributed by atoms with Crippen LogP contribution in [0.4, 0.5) is 16.3 Å². The highest BCUT2D eigenvalue weighted by Gasteiger charge is 2.23. The van der Waals surface area contributed by atoms with E-state index >= 15 is 0 Å². The van der Waals surface area contributed by atoms with Gasteiger partial charge in [-0.3, -0.25) is 0 Å². The predicted molar refractivity (Wildman–Crippen MR) is 135 cm³/mol. The van der Waals surface area contributed by atoms with Gasteiger partial charge in [0.1, 0.15) is 13.2 Å². The predicted octanol–water partition coefficient (Wildman–Crippen LogP) is 4.77. The molecule has 0 aliphatic carbocycles. The molecule has 1 N–H and O–H groups in total. The summed E-state index contributed by atoms with van der Waals surface area (Å²) in [6.45, 7) is 3.90. The van der Waals surface area contributed by atoms with Crippen LogP contribution < -0.4 is 19.7 Å². The van der Waals surface area contributed by atoms with E-state index in [2.05, 4.69) is 48.9 Å². The zero-order chi connectivity index (χ0) is 23.1. The molecule has 1 fully saturated rings. The molecule has 2 aromatic heterocycles. The molecule has 0 spiro atoms. The van der Waals surface area contributed by atoms with Crippen molar-refractivity contribution in [2.24, 2.45) is 0 Å². The van der Waals surface area contributed by atoms with Gasteiger partial charge in [-0.05, 0) is 48.9 Å². The quantitative estimate of drug-likeness (QED) is 0.411. The molecule has 2 amide bonds. The van der Waals surface area contributed by atoms with Crippen molar-refractivity contribution in [1.29, 1.82) is 0 Å². The van der Waals surface area contributed by atoms with Gasteiger partial charge >= 0.3 is 6.03 Å². The van der Waals surface area contributed by atoms with E-state index < -0.39 is 0 Å². The molecule has 1 saturated heterocycles. The number of hydrogen-bond donors (Lipinski definition) is 1. The first-order valence-corrected chi connectivity index (χ1v) is 12.2. The zero-order valence-corrected chi connectivity index (χ0v) is 20.1. The topological polar surface area (TPSA) is 71.3 Å². The van der Waals surface area contributed by atoms with E-state index in [0.717, 1.165) is 39.8 Å². The molecule has 0 atom stereocenters. The molecule has 2 aromatic carbocycles. The number of aromatic nitrogens is 2. The second-order valence-electron chi connectivity index (χ2n) is 8.45. The van der Waals surface area contributed by atoms with Crippen molar-refractivity contribution in [1.82, 2.24) is 14.3 Å². The Hall–Kier alpha value is -3.46. The number of fused-ring (bicyclic) bond motifs is 4. The zero-order valence-electron chi connectivity index (χ0n) is 18.5. The Bertz CT molecular complexity index is 1390. The number of hydrogen-bond acceptors (Lipinski definition) is 5. The van der Waals surface area contributed by atoms with E-state index in [1.165, 1.54) is 0 Å². The lowest BCUT2D eigenvalue weighted by molar-refractivity contribution is 0.171. The second kappa shape index (κ2) is 8.72. The van der Waals surface area contributed by atoms with Crippen molar-refractivity contribution in [3.63, 3.8) is 0 Å². The third kappa shape index (κ3) is 3.90. The smallest absolute Gasteiger partial charge is 0.321 e. The Morgan fingerprint density at radius 3 is 2.74 bits per heavy atom. The lowest BCUT2D eigenvalue weighted by Crippen LogP contribution is -2.38. The summed E-state index contributed by atoms with van der Waals surface area (Å²) in [5, 5.41) is 3.01. The van der Waals surface area contributed by atoms with Crippen LogP contribution in [-0.4, -0.2) is 59.7 Å². The number of carbonyl (C=O) groups excluding carboxylic acids is 1. The molecule has 0 bridgehead atoms. The number of nitrogens with one attached hydrogen (secondary N) is 1. The number of carbonyl (C=O) groups is 1. The third-order valence-electron chi connectivity index (χ3n) is 6.28. The number of anilines is 2. The van der Waals surface area contributed by atoms with Gasteiger partial charge in [-0.15, -0.1) is 0 Å². The maximum Gasteiger partial charge on any atom is 0.321 e. The summed E-state index contributed by atoms with van der Waals surface area (Å²) in [5.41, 5.74) is 3.78. The molecule has 0 radical (unpaired) electrons. The molecule has 0 unspecified atom stereocenters. The van der Waals surface area contributed by atoms with Crippen LogP contribution in [0.5, 0.6) is 11.5 Å². The average molecular weight is 522 g/mol. The second-order valence-corrected chi connectivity index (χ2v) is 9.36. The first kappa shape index (κ1) is 21.1. The molecule has 6 rings (SSSR count). The Labute approximate surface area is 205 Å². The van der Waals surface area contributed by atoms with E-state index in [4.69, 9.17) is 14.5 Å². The van der Waals surface area contributed by atoms with Crippen LogP contribution in [0.15, 0.2) is 59.2 Å². The summed E-state index contributed by atoms with van der Waals surface area (Å²) in [7, 11) is 0. The summed E-state index contributed by atoms with van der Waals surface area (Å²) >= 11 is 3.56. The minimum atomic E-state index is -0.109. The molecule has 8 nitrogen and oxygen atoms in total. The minimum Gasteiger partial charge on any atom is -0.486 e. The number of rotatable bonds is 2. The highest BCUT2D eigenvalue weighted by molar-refractivity contribution is 9.10. The van der Waals surface area contributed by atoms with Crippen molar-refractivity contribution in [2.75, 3.05) is 49.6 Å². The summed E-state index contributed by atoms with van der Waals surface area (Å²) in [5.74, 6) is 2.32. The van der Waals surface area contributed by atoms with E-state index in [1.54, 1.807) is 0 Å². The Morgan fingerprint density at radius 1 is 0.941 bits per heavy atom. The highest BCUT2D eigenvalue weighted by atomic mass is 79.9. The SMILES string of the molecule is O=C(Nc1ccc2c(c1)OCCO2)N1CCCN(c2nc3cc(Br)ccc3n3cccc23)CC1. The minimum absolute atomic E-state index is 0.109. The molecule has 4 heterocycles. The lowest BCUT2D eigenvalue weighted by Gasteiger charge is -2.24. The number of halogens is 1. The maximum atomic E-state index is 13.0. The van der Waals surface area contributed by atoms with Crippen LogP contribution in [0.1, 0.15) is 6.42 Å². The third-order valence-corrected chi connectivity index (χ3v) is 6.77. The van der Waals surface area contributed by atoms with Crippen molar-refractivity contribution in [3.05, 3.63) is 59.2 Å². The van der Waals surface area contributed by atoms with Gasteiger partial charge < -0.3 is 29.0 Å². The fourth-order valence-electron chi connectivity index (χ4n) is 4.62. The monoisotopic (exact) mass is 521 g/mol. The summed E-state index contributed by atoms with van der Waals surface area (Å²) in [6, 6.07) is 15.7. The molecule has 9 heteroatoms. The Balaban J connectivity index is 1.20. The van der Waals surface area contributed by atoms with Crippen LogP contribution in [0.2, 0.25) is 0 Å². The van der Waals surface area contributed by atoms with Crippen molar-refractivity contribution >= 4 is 50.0 Å². The largest absolute Gasteiger partial charge is 0.486 e. The summed E-state index contributed by atoms with van der Waals surface area (Å²) in [4.78, 5) is 22.2. The standard InChI is InChI=1S/C25H24BrN5O3/c26-17-4-6-20-19(15-17)28-24(21-3-1-10-31(20)21)29-8-2-9-30(12-11-29)25(32)27-18-5-7-22-23(16-18)34-14-13-33-22/h1,3-7,10,15-16H,2,8-9,11-14H2,(H,27,32). The van der Waals surface area contributed by atoms with Gasteiger partial charge in [0.15, 0.2) is 17.3 Å². The van der Waals surface area contributed by atoms with Gasteiger partial charge in [-0.25, -0.2) is 9.78 Å². The van der Waals surface area contributed by atoms with Gasteiger partial charge in [0.2, 0.25) is 0 Å². The maximum absolute atomic E-state index is 13.0. The molecule has 174 valence electrons. The molecule has 34 heavy (non-hydrogen) atoms. The normalized spacial score (nSPS) is 16.0. The van der Waals surface area contributed by atoms with Gasteiger partial charge in [0.05, 0.1) is 16.6 Å². The number of urea groups is 1. The highest BCUT2D eigenvalue weighted by Crippen LogP contribution is 2.33. The lowest BCUT2D eigenvalue weighted by atomic mass is 10.2. The number of ether oxygens (including phenoxy) is 2. The molecule has 4 aromatic rings. The van der Waals surface area contributed by atoms with E-state index in [1.807, 2.05) is 41.3 Å². The van der Waals surface area contributed by atoms with Gasteiger partial charge in [-0.1, -0.05) is 15.9 Å². The molecule has 2 aliphatic heterocycles. The number of benzene rings is 2. The van der Waals surface area contributed by atoms with E-state index in [9.17, 15) is 4.79 Å².